The van der Waals surface area contributed by atoms with Crippen LogP contribution in [-0.4, -0.2) is 157 Å². The van der Waals surface area contributed by atoms with Gasteiger partial charge in [0.2, 0.25) is 5.79 Å². The molecule has 8 fully saturated rings. The van der Waals surface area contributed by atoms with Gasteiger partial charge in [-0.15, -0.1) is 0 Å². The zero-order valence-electron chi connectivity index (χ0n) is 34.9. The van der Waals surface area contributed by atoms with Crippen molar-refractivity contribution < 1.29 is 79.2 Å². The Bertz CT molecular complexity index is 1570. The second-order valence-electron chi connectivity index (χ2n) is 20.8. The van der Waals surface area contributed by atoms with Crippen LogP contribution in [0, 0.1) is 50.7 Å². The van der Waals surface area contributed by atoms with Gasteiger partial charge in [0.25, 0.3) is 0 Å². The van der Waals surface area contributed by atoms with Crippen molar-refractivity contribution in [1.82, 2.24) is 0 Å². The van der Waals surface area contributed by atoms with Gasteiger partial charge in [-0.1, -0.05) is 34.6 Å². The summed E-state index contributed by atoms with van der Waals surface area (Å²) in [4.78, 5) is 12.8. The number of hydrogen-bond acceptors (Lipinski definition) is 16. The minimum absolute atomic E-state index is 0.0204. The number of carbonyl (C=O) groups excluding carboxylic acids is 1. The number of hydrogen-bond donors (Lipinski definition) is 9. The van der Waals surface area contributed by atoms with E-state index in [2.05, 4.69) is 34.6 Å². The van der Waals surface area contributed by atoms with Crippen molar-refractivity contribution in [2.75, 3.05) is 20.3 Å². The van der Waals surface area contributed by atoms with Crippen LogP contribution in [0.5, 0.6) is 0 Å². The Morgan fingerprint density at radius 1 is 0.724 bits per heavy atom. The normalized spacial score (nSPS) is 55.8. The summed E-state index contributed by atoms with van der Waals surface area (Å²) in [6.45, 7) is 11.2. The molecule has 3 saturated heterocycles. The first-order chi connectivity index (χ1) is 27.0. The van der Waals surface area contributed by atoms with Gasteiger partial charge in [0.05, 0.1) is 25.4 Å². The third-order valence-corrected chi connectivity index (χ3v) is 18.1. The van der Waals surface area contributed by atoms with E-state index in [0.29, 0.717) is 18.8 Å². The summed E-state index contributed by atoms with van der Waals surface area (Å²) in [6.07, 6.45) is -8.69. The van der Waals surface area contributed by atoms with Gasteiger partial charge in [-0.3, -0.25) is 4.79 Å². The first kappa shape index (κ1) is 43.7. The van der Waals surface area contributed by atoms with Crippen molar-refractivity contribution in [2.24, 2.45) is 50.7 Å². The van der Waals surface area contributed by atoms with Crippen molar-refractivity contribution >= 4 is 5.78 Å². The second-order valence-corrected chi connectivity index (χ2v) is 20.8. The molecule has 0 aromatic rings. The second kappa shape index (κ2) is 14.3. The van der Waals surface area contributed by atoms with E-state index in [9.17, 15) is 50.8 Å². The standard InChI is InChI=1S/C42H68O16/c1-19-20(14-25(45)39(6,51)52)58-42(53-7)17-38(5)24-9-8-23-36(2,3)26(10-11-40(23)18-41(24,40)13-12-37(38,4)33(19)42)56-35-32(30(49)28(47)22(16-44)55-35)57-34-31(50)29(48)27(46)21(15-43)54-34/h19-24,26-35,43-44,46-52H,8-18H2,1-7H3/t19-,20+,21-,22-,23?,24?,26+,27-,28-,29+,30+,31-,32-,33?,34+,35+,37-,38+,40-,41+,42+/m1/s1. The number of methoxy groups -OCH3 is 1. The Morgan fingerprint density at radius 2 is 1.33 bits per heavy atom. The lowest BCUT2D eigenvalue weighted by atomic mass is 9.41. The summed E-state index contributed by atoms with van der Waals surface area (Å²) in [5, 5.41) is 93.5. The van der Waals surface area contributed by atoms with Crippen molar-refractivity contribution in [2.45, 2.75) is 185 Å². The highest BCUT2D eigenvalue weighted by Gasteiger charge is 2.85. The van der Waals surface area contributed by atoms with Crippen LogP contribution >= 0.6 is 0 Å². The van der Waals surface area contributed by atoms with E-state index in [0.717, 1.165) is 45.4 Å². The largest absolute Gasteiger partial charge is 0.394 e. The quantitative estimate of drug-likeness (QED) is 0.104. The number of ether oxygens (including phenoxy) is 6. The maximum absolute atomic E-state index is 12.8. The van der Waals surface area contributed by atoms with Crippen LogP contribution < -0.4 is 0 Å². The molecule has 8 rings (SSSR count). The van der Waals surface area contributed by atoms with Crippen molar-refractivity contribution in [3.8, 4) is 0 Å². The maximum atomic E-state index is 12.8. The molecule has 0 bridgehead atoms. The molecule has 16 heteroatoms. The fourth-order valence-corrected chi connectivity index (χ4v) is 15.1. The number of rotatable bonds is 10. The summed E-state index contributed by atoms with van der Waals surface area (Å²) in [5.41, 5.74) is -0.449. The molecule has 0 amide bonds. The van der Waals surface area contributed by atoms with E-state index in [4.69, 9.17) is 28.4 Å². The van der Waals surface area contributed by atoms with Crippen LogP contribution in [0.2, 0.25) is 0 Å². The molecule has 0 aromatic heterocycles. The smallest absolute Gasteiger partial charge is 0.221 e. The van der Waals surface area contributed by atoms with Gasteiger partial charge in [0.15, 0.2) is 24.2 Å². The van der Waals surface area contributed by atoms with Crippen LogP contribution in [0.15, 0.2) is 0 Å². The molecule has 3 unspecified atom stereocenters. The molecule has 2 spiro atoms. The molecule has 0 aromatic carbocycles. The summed E-state index contributed by atoms with van der Waals surface area (Å²) in [6, 6.07) is 0. The Balaban J connectivity index is 1.02. The van der Waals surface area contributed by atoms with E-state index >= 15 is 0 Å². The van der Waals surface area contributed by atoms with Crippen molar-refractivity contribution in [3.05, 3.63) is 0 Å². The van der Waals surface area contributed by atoms with Gasteiger partial charge in [-0.25, -0.2) is 0 Å². The molecular weight excluding hydrogens is 760 g/mol. The highest BCUT2D eigenvalue weighted by molar-refractivity contribution is 5.85. The zero-order chi connectivity index (χ0) is 42.3. The monoisotopic (exact) mass is 828 g/mol. The van der Waals surface area contributed by atoms with E-state index < -0.39 is 98.1 Å². The molecule has 58 heavy (non-hydrogen) atoms. The van der Waals surface area contributed by atoms with Gasteiger partial charge in [0.1, 0.15) is 48.8 Å². The molecule has 5 aliphatic carbocycles. The van der Waals surface area contributed by atoms with Crippen LogP contribution in [0.4, 0.5) is 0 Å². The highest BCUT2D eigenvalue weighted by atomic mass is 16.8. The van der Waals surface area contributed by atoms with Gasteiger partial charge in [-0.2, -0.15) is 0 Å². The molecule has 16 nitrogen and oxygen atoms in total. The lowest BCUT2D eigenvalue weighted by molar-refractivity contribution is -0.377. The molecule has 332 valence electrons. The maximum Gasteiger partial charge on any atom is 0.221 e. The minimum Gasteiger partial charge on any atom is -0.394 e. The van der Waals surface area contributed by atoms with E-state index in [1.165, 1.54) is 0 Å². The third kappa shape index (κ3) is 5.91. The Morgan fingerprint density at radius 3 is 1.95 bits per heavy atom. The summed E-state index contributed by atoms with van der Waals surface area (Å²) in [5.74, 6) is -3.30. The Hall–Kier alpha value is -0.930. The predicted octanol–water partition coefficient (Wildman–Crippen LogP) is 0.0823. The first-order valence-electron chi connectivity index (χ1n) is 21.5. The van der Waals surface area contributed by atoms with Crippen LogP contribution in [-0.2, 0) is 33.2 Å². The number of ketones is 1. The minimum atomic E-state index is -2.42. The molecule has 0 radical (unpaired) electrons. The average Bonchev–Trinajstić information content (AvgIpc) is 3.68. The zero-order valence-corrected chi connectivity index (χ0v) is 34.9. The van der Waals surface area contributed by atoms with E-state index in [1.54, 1.807) is 7.11 Å². The summed E-state index contributed by atoms with van der Waals surface area (Å²) in [7, 11) is 1.70. The fourth-order valence-electron chi connectivity index (χ4n) is 15.1. The molecule has 9 N–H and O–H groups in total. The topological polar surface area (TPSA) is 255 Å². The lowest BCUT2D eigenvalue weighted by Crippen LogP contribution is -2.65. The van der Waals surface area contributed by atoms with Crippen LogP contribution in [0.3, 0.4) is 0 Å². The van der Waals surface area contributed by atoms with Crippen molar-refractivity contribution in [3.63, 3.8) is 0 Å². The van der Waals surface area contributed by atoms with E-state index in [1.807, 2.05) is 0 Å². The third-order valence-electron chi connectivity index (χ3n) is 18.1. The summed E-state index contributed by atoms with van der Waals surface area (Å²) >= 11 is 0. The number of aliphatic hydroxyl groups excluding tert-OH is 7. The van der Waals surface area contributed by atoms with E-state index in [-0.39, 0.29) is 57.4 Å². The van der Waals surface area contributed by atoms with Crippen LogP contribution in [0.25, 0.3) is 0 Å². The lowest BCUT2D eigenvalue weighted by Gasteiger charge is -2.63. The van der Waals surface area contributed by atoms with Crippen LogP contribution in [0.1, 0.15) is 99.3 Å². The molecular formula is C42H68O16. The number of fused-ring (bicyclic) bond motifs is 4. The fraction of sp³-hybridized carbons (Fsp3) is 0.976. The van der Waals surface area contributed by atoms with Gasteiger partial charge in [-0.05, 0) is 96.7 Å². The molecule has 21 atom stereocenters. The molecule has 5 saturated carbocycles. The molecule has 8 aliphatic rings. The molecule has 3 heterocycles. The number of aliphatic hydroxyl groups is 9. The van der Waals surface area contributed by atoms with Gasteiger partial charge >= 0.3 is 0 Å². The Labute approximate surface area is 340 Å². The number of carbonyl (C=O) groups is 1. The molecule has 3 aliphatic heterocycles. The number of Topliss-reactive ketones (excluding diaryl/α,β-unsaturated/α-hetero) is 1. The Kier molecular flexibility index (Phi) is 10.8. The average molecular weight is 829 g/mol. The summed E-state index contributed by atoms with van der Waals surface area (Å²) < 4.78 is 37.6. The first-order valence-corrected chi connectivity index (χ1v) is 21.5. The van der Waals surface area contributed by atoms with Crippen molar-refractivity contribution in [1.29, 1.82) is 0 Å². The SMILES string of the molecule is CO[C@]12C[C@@]3(C)C4CCC5C(C)(C)[C@@H](O[C@@H]6O[C@H](CO)[C@@H](O)[C@H](O)[C@H]6O[C@@H]6O[C@H](CO)[C@@H](O)[C@H](O)[C@H]6O)CC[C@@]56C[C@@]46CC[C@]3(C)C1[C@H](C)[C@H](CC(=O)C(C)(O)O)O2. The van der Waals surface area contributed by atoms with Gasteiger partial charge in [0, 0.05) is 25.9 Å². The predicted molar refractivity (Wildman–Crippen MR) is 200 cm³/mol. The highest BCUT2D eigenvalue weighted by Crippen LogP contribution is 2.90. The van der Waals surface area contributed by atoms with Gasteiger partial charge < -0.3 is 74.4 Å².